The van der Waals surface area contributed by atoms with E-state index >= 15 is 0 Å². The van der Waals surface area contributed by atoms with Gasteiger partial charge in [-0.1, -0.05) is 6.07 Å². The molecule has 0 atom stereocenters. The highest BCUT2D eigenvalue weighted by molar-refractivity contribution is 5.43. The van der Waals surface area contributed by atoms with E-state index in [-0.39, 0.29) is 6.10 Å². The second-order valence-electron chi connectivity index (χ2n) is 4.94. The molecule has 0 unspecified atom stereocenters. The number of nitrogens with zero attached hydrogens (tertiary/aromatic N) is 2. The van der Waals surface area contributed by atoms with Crippen LogP contribution in [0.15, 0.2) is 18.2 Å². The van der Waals surface area contributed by atoms with Crippen molar-refractivity contribution in [2.45, 2.75) is 25.4 Å². The Morgan fingerprint density at radius 2 is 2.05 bits per heavy atom. The summed E-state index contributed by atoms with van der Waals surface area (Å²) in [4.78, 5) is 2.31. The summed E-state index contributed by atoms with van der Waals surface area (Å²) in [6, 6.07) is 7.85. The SMILES string of the molecule is COc1ccc(CC#N)cc1OC1CCN(C)CC1. The van der Waals surface area contributed by atoms with Crippen molar-refractivity contribution in [3.63, 3.8) is 0 Å². The van der Waals surface area contributed by atoms with E-state index in [4.69, 9.17) is 14.7 Å². The predicted molar refractivity (Wildman–Crippen MR) is 73.5 cm³/mol. The average molecular weight is 260 g/mol. The summed E-state index contributed by atoms with van der Waals surface area (Å²) in [5.74, 6) is 1.49. The average Bonchev–Trinajstić information content (AvgIpc) is 2.42. The summed E-state index contributed by atoms with van der Waals surface area (Å²) in [6.45, 7) is 2.12. The third-order valence-electron chi connectivity index (χ3n) is 3.47. The Bertz CT molecular complexity index is 460. The van der Waals surface area contributed by atoms with Crippen LogP contribution in [0.3, 0.4) is 0 Å². The molecule has 1 aromatic rings. The minimum absolute atomic E-state index is 0.238. The zero-order valence-corrected chi connectivity index (χ0v) is 11.6. The summed E-state index contributed by atoms with van der Waals surface area (Å²) >= 11 is 0. The Hall–Kier alpha value is -1.73. The van der Waals surface area contributed by atoms with Crippen LogP contribution >= 0.6 is 0 Å². The monoisotopic (exact) mass is 260 g/mol. The standard InChI is InChI=1S/C15H20N2O2/c1-17-9-6-13(7-10-17)19-15-11-12(5-8-16)3-4-14(15)18-2/h3-4,11,13H,5-7,9-10H2,1-2H3. The van der Waals surface area contributed by atoms with Gasteiger partial charge in [0.1, 0.15) is 6.10 Å². The first-order chi connectivity index (χ1) is 9.22. The fourth-order valence-electron chi connectivity index (χ4n) is 2.30. The molecule has 1 aliphatic rings. The lowest BCUT2D eigenvalue weighted by Crippen LogP contribution is -2.35. The number of benzene rings is 1. The van der Waals surface area contributed by atoms with Crippen molar-refractivity contribution in [3.8, 4) is 17.6 Å². The van der Waals surface area contributed by atoms with Gasteiger partial charge in [0.25, 0.3) is 0 Å². The van der Waals surface area contributed by atoms with Gasteiger partial charge in [-0.15, -0.1) is 0 Å². The lowest BCUT2D eigenvalue weighted by Gasteiger charge is -2.29. The van der Waals surface area contributed by atoms with Crippen LogP contribution in [-0.2, 0) is 6.42 Å². The molecule has 0 aliphatic carbocycles. The number of likely N-dealkylation sites (tertiary alicyclic amines) is 1. The number of hydrogen-bond donors (Lipinski definition) is 0. The number of methoxy groups -OCH3 is 1. The molecular formula is C15H20N2O2. The summed E-state index contributed by atoms with van der Waals surface area (Å²) in [5, 5.41) is 8.76. The maximum atomic E-state index is 8.76. The van der Waals surface area contributed by atoms with Gasteiger partial charge >= 0.3 is 0 Å². The predicted octanol–water partition coefficient (Wildman–Crippen LogP) is 2.23. The molecule has 19 heavy (non-hydrogen) atoms. The smallest absolute Gasteiger partial charge is 0.161 e. The molecule has 1 fully saturated rings. The molecule has 1 aliphatic heterocycles. The molecule has 0 radical (unpaired) electrons. The fraction of sp³-hybridized carbons (Fsp3) is 0.533. The van der Waals surface area contributed by atoms with Crippen molar-refractivity contribution in [2.75, 3.05) is 27.2 Å². The zero-order chi connectivity index (χ0) is 13.7. The molecule has 1 heterocycles. The van der Waals surface area contributed by atoms with Crippen molar-refractivity contribution in [3.05, 3.63) is 23.8 Å². The van der Waals surface area contributed by atoms with Gasteiger partial charge in [0.2, 0.25) is 0 Å². The minimum Gasteiger partial charge on any atom is -0.493 e. The maximum Gasteiger partial charge on any atom is 0.161 e. The minimum atomic E-state index is 0.238. The number of rotatable bonds is 4. The second kappa shape index (κ2) is 6.44. The summed E-state index contributed by atoms with van der Waals surface area (Å²) in [6.07, 6.45) is 2.69. The molecule has 0 spiro atoms. The van der Waals surface area contributed by atoms with Gasteiger partial charge in [0, 0.05) is 13.1 Å². The van der Waals surface area contributed by atoms with Crippen LogP contribution in [0.2, 0.25) is 0 Å². The molecule has 4 nitrogen and oxygen atoms in total. The Morgan fingerprint density at radius 3 is 2.68 bits per heavy atom. The van der Waals surface area contributed by atoms with Crippen LogP contribution < -0.4 is 9.47 Å². The third kappa shape index (κ3) is 3.62. The zero-order valence-electron chi connectivity index (χ0n) is 11.6. The summed E-state index contributed by atoms with van der Waals surface area (Å²) < 4.78 is 11.4. The van der Waals surface area contributed by atoms with Crippen molar-refractivity contribution in [2.24, 2.45) is 0 Å². The fourth-order valence-corrected chi connectivity index (χ4v) is 2.30. The van der Waals surface area contributed by atoms with E-state index < -0.39 is 0 Å². The molecule has 0 bridgehead atoms. The van der Waals surface area contributed by atoms with Gasteiger partial charge in [-0.2, -0.15) is 5.26 Å². The largest absolute Gasteiger partial charge is 0.493 e. The first-order valence-corrected chi connectivity index (χ1v) is 6.62. The first kappa shape index (κ1) is 13.7. The van der Waals surface area contributed by atoms with Crippen molar-refractivity contribution < 1.29 is 9.47 Å². The van der Waals surface area contributed by atoms with Gasteiger partial charge in [-0.25, -0.2) is 0 Å². The molecular weight excluding hydrogens is 240 g/mol. The normalized spacial score (nSPS) is 16.9. The van der Waals surface area contributed by atoms with E-state index in [0.29, 0.717) is 6.42 Å². The number of hydrogen-bond acceptors (Lipinski definition) is 4. The Labute approximate surface area is 114 Å². The lowest BCUT2D eigenvalue weighted by atomic mass is 10.1. The van der Waals surface area contributed by atoms with Crippen molar-refractivity contribution in [1.29, 1.82) is 5.26 Å². The van der Waals surface area contributed by atoms with Gasteiger partial charge in [0.15, 0.2) is 11.5 Å². The Morgan fingerprint density at radius 1 is 1.32 bits per heavy atom. The highest BCUT2D eigenvalue weighted by Crippen LogP contribution is 2.30. The third-order valence-corrected chi connectivity index (χ3v) is 3.47. The number of ether oxygens (including phenoxy) is 2. The van der Waals surface area contributed by atoms with Gasteiger partial charge in [-0.3, -0.25) is 0 Å². The molecule has 0 amide bonds. The van der Waals surface area contributed by atoms with Gasteiger partial charge in [-0.05, 0) is 37.6 Å². The molecule has 0 aromatic heterocycles. The molecule has 0 N–H and O–H groups in total. The topological polar surface area (TPSA) is 45.5 Å². The lowest BCUT2D eigenvalue weighted by molar-refractivity contribution is 0.111. The van der Waals surface area contributed by atoms with E-state index in [9.17, 15) is 0 Å². The highest BCUT2D eigenvalue weighted by atomic mass is 16.5. The summed E-state index contributed by atoms with van der Waals surface area (Å²) in [5.41, 5.74) is 0.964. The van der Waals surface area contributed by atoms with Crippen LogP contribution in [0.1, 0.15) is 18.4 Å². The Balaban J connectivity index is 2.09. The van der Waals surface area contributed by atoms with E-state index in [1.807, 2.05) is 18.2 Å². The number of piperidine rings is 1. The molecule has 102 valence electrons. The molecule has 1 aromatic carbocycles. The maximum absolute atomic E-state index is 8.76. The van der Waals surface area contributed by atoms with Crippen molar-refractivity contribution in [1.82, 2.24) is 4.90 Å². The quantitative estimate of drug-likeness (QED) is 0.833. The van der Waals surface area contributed by atoms with Crippen molar-refractivity contribution >= 4 is 0 Å². The van der Waals surface area contributed by atoms with Crippen LogP contribution in [0, 0.1) is 11.3 Å². The number of nitriles is 1. The Kier molecular flexibility index (Phi) is 4.64. The molecule has 1 saturated heterocycles. The first-order valence-electron chi connectivity index (χ1n) is 6.62. The van der Waals surface area contributed by atoms with Gasteiger partial charge in [0.05, 0.1) is 19.6 Å². The van der Waals surface area contributed by atoms with E-state index in [1.54, 1.807) is 7.11 Å². The van der Waals surface area contributed by atoms with E-state index in [0.717, 1.165) is 43.0 Å². The summed E-state index contributed by atoms with van der Waals surface area (Å²) in [7, 11) is 3.77. The van der Waals surface area contributed by atoms with Crippen LogP contribution in [0.25, 0.3) is 0 Å². The molecule has 4 heteroatoms. The van der Waals surface area contributed by atoms with Crippen LogP contribution in [0.4, 0.5) is 0 Å². The van der Waals surface area contributed by atoms with Gasteiger partial charge < -0.3 is 14.4 Å². The van der Waals surface area contributed by atoms with E-state index in [2.05, 4.69) is 18.0 Å². The van der Waals surface area contributed by atoms with E-state index in [1.165, 1.54) is 0 Å². The van der Waals surface area contributed by atoms with Crippen LogP contribution in [0.5, 0.6) is 11.5 Å². The van der Waals surface area contributed by atoms with Crippen LogP contribution in [-0.4, -0.2) is 38.3 Å². The molecule has 2 rings (SSSR count). The molecule has 0 saturated carbocycles. The second-order valence-corrected chi connectivity index (χ2v) is 4.94. The highest BCUT2D eigenvalue weighted by Gasteiger charge is 2.19.